The van der Waals surface area contributed by atoms with E-state index < -0.39 is 0 Å². The van der Waals surface area contributed by atoms with Crippen molar-refractivity contribution in [3.05, 3.63) is 11.3 Å². The first kappa shape index (κ1) is 9.59. The first-order valence-electron chi connectivity index (χ1n) is 4.94. The lowest BCUT2D eigenvalue weighted by molar-refractivity contribution is 0.323. The van der Waals surface area contributed by atoms with Gasteiger partial charge in [-0.05, 0) is 38.2 Å². The highest BCUT2D eigenvalue weighted by Gasteiger charge is 2.09. The molecule has 2 nitrogen and oxygen atoms in total. The molecule has 0 spiro atoms. The van der Waals surface area contributed by atoms with E-state index in [1.165, 1.54) is 30.5 Å². The Morgan fingerprint density at radius 1 is 1.25 bits per heavy atom. The summed E-state index contributed by atoms with van der Waals surface area (Å²) >= 11 is 0. The van der Waals surface area contributed by atoms with Gasteiger partial charge in [-0.1, -0.05) is 6.42 Å². The Hall–Kier alpha value is -0.500. The molecule has 2 N–H and O–H groups in total. The molecule has 0 atom stereocenters. The van der Waals surface area contributed by atoms with Crippen LogP contribution < -0.4 is 5.32 Å². The maximum absolute atomic E-state index is 9.12. The van der Waals surface area contributed by atoms with Crippen molar-refractivity contribution >= 4 is 0 Å². The molecule has 0 aromatic carbocycles. The highest BCUT2D eigenvalue weighted by Crippen LogP contribution is 2.21. The molecule has 0 aromatic heterocycles. The van der Waals surface area contributed by atoms with Crippen molar-refractivity contribution in [2.75, 3.05) is 13.2 Å². The van der Waals surface area contributed by atoms with Crippen LogP contribution in [0.1, 0.15) is 39.0 Å². The normalized spacial score (nSPS) is 19.2. The molecule has 0 fully saturated rings. The predicted octanol–water partition coefficient (Wildman–Crippen LogP) is 1.81. The van der Waals surface area contributed by atoms with Crippen LogP contribution in [-0.4, -0.2) is 18.3 Å². The van der Waals surface area contributed by atoms with Gasteiger partial charge in [0.05, 0.1) is 6.61 Å². The number of aliphatic hydroxyl groups excluding tert-OH is 1. The van der Waals surface area contributed by atoms with Gasteiger partial charge < -0.3 is 10.4 Å². The lowest BCUT2D eigenvalue weighted by Gasteiger charge is -2.11. The number of allylic oxidation sites excluding steroid dienone is 1. The van der Waals surface area contributed by atoms with E-state index in [1.54, 1.807) is 0 Å². The number of hydrogen-bond acceptors (Lipinski definition) is 2. The van der Waals surface area contributed by atoms with E-state index in [0.29, 0.717) is 0 Å². The molecule has 1 aliphatic carbocycles. The molecule has 0 radical (unpaired) electrons. The summed E-state index contributed by atoms with van der Waals surface area (Å²) in [6.45, 7) is 3.31. The molecule has 0 bridgehead atoms. The Balaban J connectivity index is 2.60. The molecule has 0 heterocycles. The van der Waals surface area contributed by atoms with E-state index >= 15 is 0 Å². The summed E-state index contributed by atoms with van der Waals surface area (Å²) in [5, 5.41) is 12.5. The molecule has 1 aliphatic rings. The van der Waals surface area contributed by atoms with Gasteiger partial charge in [0.1, 0.15) is 0 Å². The van der Waals surface area contributed by atoms with E-state index in [2.05, 4.69) is 12.2 Å². The van der Waals surface area contributed by atoms with Crippen LogP contribution in [0.3, 0.4) is 0 Å². The maximum atomic E-state index is 9.12. The zero-order chi connectivity index (χ0) is 8.81. The second-order valence-electron chi connectivity index (χ2n) is 3.33. The van der Waals surface area contributed by atoms with Crippen LogP contribution in [0, 0.1) is 0 Å². The average Bonchev–Trinajstić information content (AvgIpc) is 2.30. The molecule has 0 amide bonds. The third kappa shape index (κ3) is 2.52. The van der Waals surface area contributed by atoms with Gasteiger partial charge in [-0.25, -0.2) is 0 Å². The minimum atomic E-state index is 0.238. The molecule has 0 unspecified atom stereocenters. The summed E-state index contributed by atoms with van der Waals surface area (Å²) in [5.74, 6) is 0. The van der Waals surface area contributed by atoms with E-state index in [1.807, 2.05) is 0 Å². The van der Waals surface area contributed by atoms with E-state index in [-0.39, 0.29) is 6.61 Å². The molecule has 0 aromatic rings. The summed E-state index contributed by atoms with van der Waals surface area (Å²) in [4.78, 5) is 0. The number of rotatable bonds is 3. The summed E-state index contributed by atoms with van der Waals surface area (Å²) in [7, 11) is 0. The second kappa shape index (κ2) is 5.20. The topological polar surface area (TPSA) is 32.3 Å². The molecule has 2 heteroatoms. The SMILES string of the molecule is CCNC1=C(CO)CCCCC1. The van der Waals surface area contributed by atoms with Crippen molar-refractivity contribution in [1.29, 1.82) is 0 Å². The summed E-state index contributed by atoms with van der Waals surface area (Å²) in [6.07, 6.45) is 6.03. The summed E-state index contributed by atoms with van der Waals surface area (Å²) in [6, 6.07) is 0. The lowest BCUT2D eigenvalue weighted by Crippen LogP contribution is -2.15. The fourth-order valence-electron chi connectivity index (χ4n) is 1.75. The van der Waals surface area contributed by atoms with Crippen molar-refractivity contribution in [3.63, 3.8) is 0 Å². The van der Waals surface area contributed by atoms with Crippen LogP contribution in [0.2, 0.25) is 0 Å². The smallest absolute Gasteiger partial charge is 0.0661 e. The Labute approximate surface area is 74.7 Å². The highest BCUT2D eigenvalue weighted by molar-refractivity contribution is 5.14. The van der Waals surface area contributed by atoms with Crippen LogP contribution in [0.5, 0.6) is 0 Å². The highest BCUT2D eigenvalue weighted by atomic mass is 16.3. The first-order valence-corrected chi connectivity index (χ1v) is 4.94. The molecule has 0 saturated heterocycles. The minimum absolute atomic E-state index is 0.238. The van der Waals surface area contributed by atoms with Crippen LogP contribution in [0.4, 0.5) is 0 Å². The van der Waals surface area contributed by atoms with E-state index in [9.17, 15) is 0 Å². The molecule has 0 aliphatic heterocycles. The Morgan fingerprint density at radius 3 is 2.67 bits per heavy atom. The third-order valence-electron chi connectivity index (χ3n) is 2.41. The summed E-state index contributed by atoms with van der Waals surface area (Å²) < 4.78 is 0. The van der Waals surface area contributed by atoms with Gasteiger partial charge in [0.2, 0.25) is 0 Å². The van der Waals surface area contributed by atoms with Crippen molar-refractivity contribution in [1.82, 2.24) is 5.32 Å². The van der Waals surface area contributed by atoms with Crippen molar-refractivity contribution in [2.24, 2.45) is 0 Å². The first-order chi connectivity index (χ1) is 5.88. The van der Waals surface area contributed by atoms with Gasteiger partial charge in [-0.15, -0.1) is 0 Å². The average molecular weight is 169 g/mol. The fourth-order valence-corrected chi connectivity index (χ4v) is 1.75. The van der Waals surface area contributed by atoms with Gasteiger partial charge in [0.15, 0.2) is 0 Å². The zero-order valence-electron chi connectivity index (χ0n) is 7.90. The quantitative estimate of drug-likeness (QED) is 0.675. The molecule has 0 saturated carbocycles. The molecular formula is C10H19NO. The van der Waals surface area contributed by atoms with E-state index in [0.717, 1.165) is 19.4 Å². The van der Waals surface area contributed by atoms with Crippen molar-refractivity contribution in [2.45, 2.75) is 39.0 Å². The Morgan fingerprint density at radius 2 is 2.00 bits per heavy atom. The van der Waals surface area contributed by atoms with Crippen LogP contribution in [0.25, 0.3) is 0 Å². The third-order valence-corrected chi connectivity index (χ3v) is 2.41. The minimum Gasteiger partial charge on any atom is -0.392 e. The largest absolute Gasteiger partial charge is 0.392 e. The summed E-state index contributed by atoms with van der Waals surface area (Å²) in [5.41, 5.74) is 2.53. The van der Waals surface area contributed by atoms with Crippen LogP contribution in [0.15, 0.2) is 11.3 Å². The zero-order valence-corrected chi connectivity index (χ0v) is 7.90. The number of aliphatic hydroxyl groups is 1. The van der Waals surface area contributed by atoms with Crippen molar-refractivity contribution in [3.8, 4) is 0 Å². The van der Waals surface area contributed by atoms with Gasteiger partial charge >= 0.3 is 0 Å². The predicted molar refractivity (Wildman–Crippen MR) is 50.9 cm³/mol. The van der Waals surface area contributed by atoms with Crippen molar-refractivity contribution < 1.29 is 5.11 Å². The Bertz CT molecular complexity index is 163. The molecule has 12 heavy (non-hydrogen) atoms. The van der Waals surface area contributed by atoms with Gasteiger partial charge in [-0.3, -0.25) is 0 Å². The van der Waals surface area contributed by atoms with E-state index in [4.69, 9.17) is 5.11 Å². The molecule has 70 valence electrons. The van der Waals surface area contributed by atoms with Crippen LogP contribution >= 0.6 is 0 Å². The standard InChI is InChI=1S/C10H19NO/c1-2-11-10-7-5-3-4-6-9(10)8-12/h11-12H,2-8H2,1H3. The maximum Gasteiger partial charge on any atom is 0.0661 e. The van der Waals surface area contributed by atoms with Gasteiger partial charge in [0, 0.05) is 12.2 Å². The molecular weight excluding hydrogens is 150 g/mol. The number of nitrogens with one attached hydrogen (secondary N) is 1. The molecule has 1 rings (SSSR count). The number of hydrogen-bond donors (Lipinski definition) is 2. The lowest BCUT2D eigenvalue weighted by atomic mass is 10.1. The second-order valence-corrected chi connectivity index (χ2v) is 3.33. The monoisotopic (exact) mass is 169 g/mol. The van der Waals surface area contributed by atoms with Crippen LogP contribution in [-0.2, 0) is 0 Å². The fraction of sp³-hybridized carbons (Fsp3) is 0.800. The van der Waals surface area contributed by atoms with Gasteiger partial charge in [-0.2, -0.15) is 0 Å². The Kier molecular flexibility index (Phi) is 4.15. The van der Waals surface area contributed by atoms with Gasteiger partial charge in [0.25, 0.3) is 0 Å².